The lowest BCUT2D eigenvalue weighted by atomic mass is 9.96. The highest BCUT2D eigenvalue weighted by atomic mass is 15.2. The van der Waals surface area contributed by atoms with Crippen LogP contribution in [0.4, 0.5) is 11.8 Å². The van der Waals surface area contributed by atoms with Crippen LogP contribution in [0.3, 0.4) is 0 Å². The van der Waals surface area contributed by atoms with Crippen molar-refractivity contribution in [1.29, 1.82) is 0 Å². The quantitative estimate of drug-likeness (QED) is 0.732. The maximum absolute atomic E-state index is 4.64. The molecule has 4 heteroatoms. The molecule has 0 aliphatic heterocycles. The highest BCUT2D eigenvalue weighted by molar-refractivity contribution is 5.42. The number of nitrogens with zero attached hydrogens (tertiary/aromatic N) is 2. The van der Waals surface area contributed by atoms with Gasteiger partial charge in [-0.25, -0.2) is 4.98 Å². The monoisotopic (exact) mass is 324 g/mol. The Morgan fingerprint density at radius 1 is 1.04 bits per heavy atom. The lowest BCUT2D eigenvalue weighted by molar-refractivity contribution is 0.461. The Labute approximate surface area is 145 Å². The van der Waals surface area contributed by atoms with E-state index in [4.69, 9.17) is 0 Å². The molecule has 2 aromatic rings. The van der Waals surface area contributed by atoms with Gasteiger partial charge in [-0.15, -0.1) is 0 Å². The molecule has 1 aromatic carbocycles. The summed E-state index contributed by atoms with van der Waals surface area (Å²) in [7, 11) is 0. The van der Waals surface area contributed by atoms with E-state index in [1.165, 1.54) is 37.7 Å². The van der Waals surface area contributed by atoms with E-state index < -0.39 is 0 Å². The van der Waals surface area contributed by atoms with E-state index in [0.29, 0.717) is 6.04 Å². The fraction of sp³-hybridized carbons (Fsp3) is 0.500. The normalized spacial score (nSPS) is 15.2. The summed E-state index contributed by atoms with van der Waals surface area (Å²) in [5, 5.41) is 6.96. The molecule has 0 saturated heterocycles. The van der Waals surface area contributed by atoms with E-state index >= 15 is 0 Å². The van der Waals surface area contributed by atoms with Gasteiger partial charge in [0, 0.05) is 24.3 Å². The van der Waals surface area contributed by atoms with Crippen LogP contribution in [0, 0.1) is 6.92 Å². The topological polar surface area (TPSA) is 49.8 Å². The second kappa shape index (κ2) is 8.67. The molecule has 3 rings (SSSR count). The summed E-state index contributed by atoms with van der Waals surface area (Å²) in [6.45, 7) is 2.96. The smallest absolute Gasteiger partial charge is 0.225 e. The first kappa shape index (κ1) is 16.7. The fourth-order valence-electron chi connectivity index (χ4n) is 3.31. The number of nitrogens with one attached hydrogen (secondary N) is 2. The van der Waals surface area contributed by atoms with E-state index in [1.807, 2.05) is 13.0 Å². The lowest BCUT2D eigenvalue weighted by Gasteiger charge is -2.23. The van der Waals surface area contributed by atoms with Gasteiger partial charge in [-0.05, 0) is 38.2 Å². The average Bonchev–Trinajstić information content (AvgIpc) is 2.60. The van der Waals surface area contributed by atoms with Gasteiger partial charge in [-0.3, -0.25) is 0 Å². The van der Waals surface area contributed by atoms with Gasteiger partial charge in [-0.1, -0.05) is 49.6 Å². The Bertz CT molecular complexity index is 621. The molecule has 1 heterocycles. The van der Waals surface area contributed by atoms with Crippen LogP contribution < -0.4 is 10.6 Å². The molecular weight excluding hydrogens is 296 g/mol. The van der Waals surface area contributed by atoms with Crippen molar-refractivity contribution >= 4 is 11.8 Å². The molecule has 1 saturated carbocycles. The van der Waals surface area contributed by atoms with Crippen molar-refractivity contribution in [2.24, 2.45) is 0 Å². The van der Waals surface area contributed by atoms with Crippen LogP contribution in [0.1, 0.15) is 49.8 Å². The Hall–Kier alpha value is -2.10. The Morgan fingerprint density at radius 3 is 2.62 bits per heavy atom. The van der Waals surface area contributed by atoms with E-state index in [2.05, 4.69) is 50.9 Å². The Kier molecular flexibility index (Phi) is 6.05. The summed E-state index contributed by atoms with van der Waals surface area (Å²) in [4.78, 5) is 9.18. The number of hydrogen-bond acceptors (Lipinski definition) is 4. The molecule has 1 aromatic heterocycles. The summed E-state index contributed by atoms with van der Waals surface area (Å²) in [6.07, 6.45) is 8.64. The van der Waals surface area contributed by atoms with Crippen molar-refractivity contribution in [3.63, 3.8) is 0 Å². The molecule has 24 heavy (non-hydrogen) atoms. The van der Waals surface area contributed by atoms with Crippen LogP contribution in [0.15, 0.2) is 36.4 Å². The minimum atomic E-state index is 0.534. The first-order chi connectivity index (χ1) is 11.8. The van der Waals surface area contributed by atoms with Crippen LogP contribution >= 0.6 is 0 Å². The Balaban J connectivity index is 1.49. The summed E-state index contributed by atoms with van der Waals surface area (Å²) in [5.74, 6) is 1.70. The summed E-state index contributed by atoms with van der Waals surface area (Å²) < 4.78 is 0. The maximum Gasteiger partial charge on any atom is 0.225 e. The third-order valence-electron chi connectivity index (χ3n) is 4.58. The number of rotatable bonds is 7. The largest absolute Gasteiger partial charge is 0.370 e. The second-order valence-electron chi connectivity index (χ2n) is 6.71. The number of benzene rings is 1. The van der Waals surface area contributed by atoms with Crippen LogP contribution in [0.25, 0.3) is 0 Å². The average molecular weight is 324 g/mol. The highest BCUT2D eigenvalue weighted by Gasteiger charge is 2.14. The fourth-order valence-corrected chi connectivity index (χ4v) is 3.31. The minimum absolute atomic E-state index is 0.534. The van der Waals surface area contributed by atoms with Crippen LogP contribution in [0.2, 0.25) is 0 Å². The van der Waals surface area contributed by atoms with Gasteiger partial charge in [0.05, 0.1) is 0 Å². The van der Waals surface area contributed by atoms with Crippen molar-refractivity contribution in [2.75, 3.05) is 17.2 Å². The van der Waals surface area contributed by atoms with Crippen LogP contribution in [-0.4, -0.2) is 22.6 Å². The molecule has 0 spiro atoms. The molecule has 4 nitrogen and oxygen atoms in total. The summed E-state index contributed by atoms with van der Waals surface area (Å²) in [5.41, 5.74) is 2.40. The summed E-state index contributed by atoms with van der Waals surface area (Å²) >= 11 is 0. The standard InChI is InChI=1S/C20H28N4/c1-16-15-19(21-14-8-11-17-9-4-2-5-10-17)24-20(22-16)23-18-12-6-3-7-13-18/h2,4-5,9-10,15,18H,3,6-8,11-14H2,1H3,(H2,21,22,23,24). The van der Waals surface area contributed by atoms with Gasteiger partial charge < -0.3 is 10.6 Å². The molecule has 0 bridgehead atoms. The first-order valence-corrected chi connectivity index (χ1v) is 9.19. The highest BCUT2D eigenvalue weighted by Crippen LogP contribution is 2.21. The van der Waals surface area contributed by atoms with Gasteiger partial charge in [0.25, 0.3) is 0 Å². The molecule has 1 aliphatic rings. The van der Waals surface area contributed by atoms with Gasteiger partial charge in [0.15, 0.2) is 0 Å². The minimum Gasteiger partial charge on any atom is -0.370 e. The van der Waals surface area contributed by atoms with Crippen LogP contribution in [0.5, 0.6) is 0 Å². The zero-order valence-electron chi connectivity index (χ0n) is 14.6. The second-order valence-corrected chi connectivity index (χ2v) is 6.71. The molecule has 0 radical (unpaired) electrons. The molecule has 1 aliphatic carbocycles. The van der Waals surface area contributed by atoms with Gasteiger partial charge in [0.2, 0.25) is 5.95 Å². The van der Waals surface area contributed by atoms with Gasteiger partial charge >= 0.3 is 0 Å². The number of anilines is 2. The van der Waals surface area contributed by atoms with E-state index in [0.717, 1.165) is 36.8 Å². The third kappa shape index (κ3) is 5.22. The zero-order chi connectivity index (χ0) is 16.6. The number of aromatic nitrogens is 2. The lowest BCUT2D eigenvalue weighted by Crippen LogP contribution is -2.23. The third-order valence-corrected chi connectivity index (χ3v) is 4.58. The molecule has 128 valence electrons. The predicted molar refractivity (Wildman–Crippen MR) is 101 cm³/mol. The number of aryl methyl sites for hydroxylation is 2. The first-order valence-electron chi connectivity index (χ1n) is 9.19. The van der Waals surface area contributed by atoms with Crippen molar-refractivity contribution in [3.05, 3.63) is 47.7 Å². The van der Waals surface area contributed by atoms with E-state index in [9.17, 15) is 0 Å². The van der Waals surface area contributed by atoms with Crippen molar-refractivity contribution in [3.8, 4) is 0 Å². The molecule has 0 atom stereocenters. The van der Waals surface area contributed by atoms with Gasteiger partial charge in [-0.2, -0.15) is 4.98 Å². The molecular formula is C20H28N4. The summed E-state index contributed by atoms with van der Waals surface area (Å²) in [6, 6.07) is 13.2. The predicted octanol–water partition coefficient (Wildman–Crippen LogP) is 4.57. The molecule has 0 unspecified atom stereocenters. The van der Waals surface area contributed by atoms with E-state index in [-0.39, 0.29) is 0 Å². The van der Waals surface area contributed by atoms with Crippen molar-refractivity contribution in [1.82, 2.24) is 9.97 Å². The van der Waals surface area contributed by atoms with Crippen molar-refractivity contribution < 1.29 is 0 Å². The van der Waals surface area contributed by atoms with Gasteiger partial charge in [0.1, 0.15) is 5.82 Å². The molecule has 2 N–H and O–H groups in total. The van der Waals surface area contributed by atoms with E-state index in [1.54, 1.807) is 0 Å². The maximum atomic E-state index is 4.64. The molecule has 1 fully saturated rings. The number of hydrogen-bond donors (Lipinski definition) is 2. The van der Waals surface area contributed by atoms with Crippen LogP contribution in [-0.2, 0) is 6.42 Å². The van der Waals surface area contributed by atoms with Crippen molar-refractivity contribution in [2.45, 2.75) is 57.9 Å². The SMILES string of the molecule is Cc1cc(NCCCc2ccccc2)nc(NC2CCCCC2)n1. The Morgan fingerprint density at radius 2 is 1.83 bits per heavy atom. The molecule has 0 amide bonds. The zero-order valence-corrected chi connectivity index (χ0v) is 14.6.